The molecule has 1 aliphatic heterocycles. The number of carboxylic acid groups (broad SMARTS) is 1. The molecule has 0 bridgehead atoms. The van der Waals surface area contributed by atoms with E-state index in [-0.39, 0.29) is 6.04 Å². The highest BCUT2D eigenvalue weighted by molar-refractivity contribution is 5.73. The predicted molar refractivity (Wildman–Crippen MR) is 55.4 cm³/mol. The molecule has 0 saturated carbocycles. The molecule has 0 aromatic rings. The summed E-state index contributed by atoms with van der Waals surface area (Å²) in [6.07, 6.45) is 2.92. The lowest BCUT2D eigenvalue weighted by molar-refractivity contribution is -0.143. The third kappa shape index (κ3) is 2.69. The minimum Gasteiger partial charge on any atom is -0.480 e. The maximum Gasteiger partial charge on any atom is 0.320 e. The molecule has 1 aliphatic rings. The van der Waals surface area contributed by atoms with E-state index in [0.29, 0.717) is 12.5 Å². The Balaban J connectivity index is 2.51. The van der Waals surface area contributed by atoms with Crippen molar-refractivity contribution in [3.05, 3.63) is 0 Å². The zero-order chi connectivity index (χ0) is 10.6. The summed E-state index contributed by atoms with van der Waals surface area (Å²) in [5, 5.41) is 12.3. The van der Waals surface area contributed by atoms with Crippen LogP contribution >= 0.6 is 0 Å². The standard InChI is InChI=1S/C10H20N2O2/c1-3-9(10(13)14)12(2)8-5-4-6-11-7-8/h8-9,11H,3-7H2,1-2H3,(H,13,14). The zero-order valence-electron chi connectivity index (χ0n) is 8.99. The van der Waals surface area contributed by atoms with Gasteiger partial charge in [-0.2, -0.15) is 0 Å². The van der Waals surface area contributed by atoms with E-state index in [0.717, 1.165) is 25.9 Å². The second-order valence-corrected chi connectivity index (χ2v) is 3.93. The second kappa shape index (κ2) is 5.32. The summed E-state index contributed by atoms with van der Waals surface area (Å²) in [7, 11) is 1.92. The SMILES string of the molecule is CCC(C(=O)O)N(C)C1CCCNC1. The molecule has 4 nitrogen and oxygen atoms in total. The molecule has 1 fully saturated rings. The van der Waals surface area contributed by atoms with Gasteiger partial charge in [-0.25, -0.2) is 0 Å². The summed E-state index contributed by atoms with van der Waals surface area (Å²) in [5.41, 5.74) is 0. The van der Waals surface area contributed by atoms with Crippen LogP contribution in [-0.2, 0) is 4.79 Å². The molecular weight excluding hydrogens is 180 g/mol. The van der Waals surface area contributed by atoms with Crippen molar-refractivity contribution in [2.24, 2.45) is 0 Å². The van der Waals surface area contributed by atoms with Crippen LogP contribution in [0.2, 0.25) is 0 Å². The van der Waals surface area contributed by atoms with E-state index in [1.54, 1.807) is 0 Å². The largest absolute Gasteiger partial charge is 0.480 e. The smallest absolute Gasteiger partial charge is 0.320 e. The van der Waals surface area contributed by atoms with Crippen LogP contribution in [0.4, 0.5) is 0 Å². The Labute approximate surface area is 85.3 Å². The highest BCUT2D eigenvalue weighted by Gasteiger charge is 2.27. The van der Waals surface area contributed by atoms with Crippen LogP contribution in [0, 0.1) is 0 Å². The molecule has 0 aromatic heterocycles. The molecule has 1 saturated heterocycles. The summed E-state index contributed by atoms with van der Waals surface area (Å²) in [6, 6.07) is 0.0460. The van der Waals surface area contributed by atoms with Gasteiger partial charge in [0.05, 0.1) is 0 Å². The first-order valence-corrected chi connectivity index (χ1v) is 5.32. The van der Waals surface area contributed by atoms with Crippen molar-refractivity contribution in [3.8, 4) is 0 Å². The minimum absolute atomic E-state index is 0.333. The summed E-state index contributed by atoms with van der Waals surface area (Å²) in [4.78, 5) is 12.9. The number of likely N-dealkylation sites (N-methyl/N-ethyl adjacent to an activating group) is 1. The predicted octanol–water partition coefficient (Wildman–Crippen LogP) is 0.533. The van der Waals surface area contributed by atoms with E-state index in [1.807, 2.05) is 18.9 Å². The van der Waals surface area contributed by atoms with Crippen LogP contribution in [0.15, 0.2) is 0 Å². The maximum atomic E-state index is 11.0. The number of hydrogen-bond acceptors (Lipinski definition) is 3. The topological polar surface area (TPSA) is 52.6 Å². The van der Waals surface area contributed by atoms with Crippen LogP contribution in [0.25, 0.3) is 0 Å². The normalized spacial score (nSPS) is 24.9. The molecule has 14 heavy (non-hydrogen) atoms. The quantitative estimate of drug-likeness (QED) is 0.695. The van der Waals surface area contributed by atoms with Gasteiger partial charge < -0.3 is 10.4 Å². The molecule has 1 rings (SSSR count). The minimum atomic E-state index is -0.708. The van der Waals surface area contributed by atoms with Gasteiger partial charge in [-0.1, -0.05) is 6.92 Å². The van der Waals surface area contributed by atoms with Crippen molar-refractivity contribution >= 4 is 5.97 Å². The number of carboxylic acids is 1. The van der Waals surface area contributed by atoms with Crippen LogP contribution in [0.3, 0.4) is 0 Å². The zero-order valence-corrected chi connectivity index (χ0v) is 8.99. The summed E-state index contributed by atoms with van der Waals surface area (Å²) < 4.78 is 0. The number of aliphatic carboxylic acids is 1. The van der Waals surface area contributed by atoms with E-state index >= 15 is 0 Å². The molecule has 4 heteroatoms. The molecule has 0 spiro atoms. The van der Waals surface area contributed by atoms with Gasteiger partial charge in [0.15, 0.2) is 0 Å². The molecule has 2 N–H and O–H groups in total. The Kier molecular flexibility index (Phi) is 4.35. The Morgan fingerprint density at radius 3 is 2.86 bits per heavy atom. The molecule has 2 unspecified atom stereocenters. The Morgan fingerprint density at radius 2 is 2.43 bits per heavy atom. The van der Waals surface area contributed by atoms with E-state index in [4.69, 9.17) is 5.11 Å². The van der Waals surface area contributed by atoms with Crippen molar-refractivity contribution in [1.82, 2.24) is 10.2 Å². The van der Waals surface area contributed by atoms with Gasteiger partial charge in [0, 0.05) is 12.6 Å². The van der Waals surface area contributed by atoms with Crippen molar-refractivity contribution in [1.29, 1.82) is 0 Å². The monoisotopic (exact) mass is 200 g/mol. The van der Waals surface area contributed by atoms with Crippen LogP contribution in [-0.4, -0.2) is 48.2 Å². The summed E-state index contributed by atoms with van der Waals surface area (Å²) >= 11 is 0. The fraction of sp³-hybridized carbons (Fsp3) is 0.900. The maximum absolute atomic E-state index is 11.0. The van der Waals surface area contributed by atoms with Gasteiger partial charge >= 0.3 is 5.97 Å². The third-order valence-corrected chi connectivity index (χ3v) is 3.01. The fourth-order valence-electron chi connectivity index (χ4n) is 2.07. The van der Waals surface area contributed by atoms with Gasteiger partial charge in [-0.15, -0.1) is 0 Å². The Hall–Kier alpha value is -0.610. The average Bonchev–Trinajstić information content (AvgIpc) is 2.19. The van der Waals surface area contributed by atoms with Crippen molar-refractivity contribution in [2.75, 3.05) is 20.1 Å². The van der Waals surface area contributed by atoms with E-state index in [1.165, 1.54) is 0 Å². The lowest BCUT2D eigenvalue weighted by Gasteiger charge is -2.35. The Morgan fingerprint density at radius 1 is 1.71 bits per heavy atom. The van der Waals surface area contributed by atoms with Crippen LogP contribution in [0.1, 0.15) is 26.2 Å². The molecule has 0 amide bonds. The van der Waals surface area contributed by atoms with Crippen molar-refractivity contribution < 1.29 is 9.90 Å². The van der Waals surface area contributed by atoms with Gasteiger partial charge in [-0.3, -0.25) is 9.69 Å². The lowest BCUT2D eigenvalue weighted by atomic mass is 10.0. The molecular formula is C10H20N2O2. The molecule has 1 heterocycles. The van der Waals surface area contributed by atoms with E-state index in [9.17, 15) is 4.79 Å². The van der Waals surface area contributed by atoms with Gasteiger partial charge in [0.2, 0.25) is 0 Å². The highest BCUT2D eigenvalue weighted by Crippen LogP contribution is 2.13. The number of nitrogens with one attached hydrogen (secondary N) is 1. The number of rotatable bonds is 4. The highest BCUT2D eigenvalue weighted by atomic mass is 16.4. The molecule has 82 valence electrons. The number of hydrogen-bond donors (Lipinski definition) is 2. The summed E-state index contributed by atoms with van der Waals surface area (Å²) in [5.74, 6) is -0.708. The van der Waals surface area contributed by atoms with Crippen molar-refractivity contribution in [3.63, 3.8) is 0 Å². The first-order valence-electron chi connectivity index (χ1n) is 5.32. The molecule has 2 atom stereocenters. The van der Waals surface area contributed by atoms with Gasteiger partial charge in [0.25, 0.3) is 0 Å². The number of nitrogens with zero attached hydrogens (tertiary/aromatic N) is 1. The third-order valence-electron chi connectivity index (χ3n) is 3.01. The van der Waals surface area contributed by atoms with Crippen LogP contribution < -0.4 is 5.32 Å². The van der Waals surface area contributed by atoms with Gasteiger partial charge in [0.1, 0.15) is 6.04 Å². The van der Waals surface area contributed by atoms with Crippen molar-refractivity contribution in [2.45, 2.75) is 38.3 Å². The molecule has 0 aliphatic carbocycles. The Bertz CT molecular complexity index is 191. The van der Waals surface area contributed by atoms with E-state index < -0.39 is 5.97 Å². The first-order chi connectivity index (χ1) is 6.66. The average molecular weight is 200 g/mol. The fourth-order valence-corrected chi connectivity index (χ4v) is 2.07. The molecule has 0 aromatic carbocycles. The lowest BCUT2D eigenvalue weighted by Crippen LogP contribution is -2.50. The number of piperidine rings is 1. The second-order valence-electron chi connectivity index (χ2n) is 3.93. The number of carbonyl (C=O) groups is 1. The first kappa shape index (κ1) is 11.5. The van der Waals surface area contributed by atoms with E-state index in [2.05, 4.69) is 5.32 Å². The molecule has 0 radical (unpaired) electrons. The van der Waals surface area contributed by atoms with Gasteiger partial charge in [-0.05, 0) is 32.9 Å². The van der Waals surface area contributed by atoms with Crippen LogP contribution in [0.5, 0.6) is 0 Å². The summed E-state index contributed by atoms with van der Waals surface area (Å²) in [6.45, 7) is 3.90.